The molecule has 1 aromatic carbocycles. The molecule has 0 atom stereocenters. The number of likely N-dealkylation sites (N-methyl/N-ethyl adjacent to an activating group) is 1. The van der Waals surface area contributed by atoms with Gasteiger partial charge in [0.1, 0.15) is 6.10 Å². The number of benzene rings is 1. The van der Waals surface area contributed by atoms with Gasteiger partial charge in [-0.3, -0.25) is 16.3 Å². The van der Waals surface area contributed by atoms with Gasteiger partial charge in [0.05, 0.1) is 5.69 Å². The van der Waals surface area contributed by atoms with Crippen LogP contribution in [0, 0.1) is 5.41 Å². The van der Waals surface area contributed by atoms with Crippen LogP contribution in [0.25, 0.3) is 0 Å². The molecule has 0 spiro atoms. The first-order valence-corrected chi connectivity index (χ1v) is 10.8. The second-order valence-electron chi connectivity index (χ2n) is 7.86. The summed E-state index contributed by atoms with van der Waals surface area (Å²) in [5.41, 5.74) is 3.83. The first-order valence-electron chi connectivity index (χ1n) is 10.8. The highest BCUT2D eigenvalue weighted by Crippen LogP contribution is 2.16. The van der Waals surface area contributed by atoms with Crippen LogP contribution in [0.4, 0.5) is 10.6 Å². The Balaban J connectivity index is 1.65. The van der Waals surface area contributed by atoms with E-state index in [2.05, 4.69) is 20.6 Å². The second kappa shape index (κ2) is 12.0. The van der Waals surface area contributed by atoms with Gasteiger partial charge < -0.3 is 14.5 Å². The Morgan fingerprint density at radius 3 is 2.62 bits per heavy atom. The summed E-state index contributed by atoms with van der Waals surface area (Å²) >= 11 is 0. The van der Waals surface area contributed by atoms with Gasteiger partial charge in [0.25, 0.3) is 0 Å². The summed E-state index contributed by atoms with van der Waals surface area (Å²) in [5.74, 6) is 11.6. The lowest BCUT2D eigenvalue weighted by Gasteiger charge is -2.29. The average Bonchev–Trinajstić information content (AvgIpc) is 2.87. The van der Waals surface area contributed by atoms with Crippen LogP contribution in [0.2, 0.25) is 0 Å². The number of nitrogens with two attached hydrogens (primary N) is 2. The number of aromatic nitrogens is 1. The summed E-state index contributed by atoms with van der Waals surface area (Å²) in [5, 5.41) is 14.6. The highest BCUT2D eigenvalue weighted by Gasteiger charge is 2.24. The van der Waals surface area contributed by atoms with E-state index in [1.165, 1.54) is 5.01 Å². The lowest BCUT2D eigenvalue weighted by atomic mass is 10.1. The Hall–Kier alpha value is -3.58. The lowest BCUT2D eigenvalue weighted by Crippen LogP contribution is -2.46. The molecule has 12 nitrogen and oxygen atoms in total. The standard InChI is InChI=1S/C22H31N9O3/c1-29-13-11-18(12-14-29)34-22(32)31(25)19-10-6-9-17(26-19)15-33-27-20(21(23)30(2)28-24)16-7-4-3-5-8-16/h3-10,18,23,28H,11-15,24-25H2,1-2H3/b23-21?,27-20-. The first kappa shape index (κ1) is 25.1. The molecule has 2 heterocycles. The van der Waals surface area contributed by atoms with E-state index in [1.54, 1.807) is 25.2 Å². The van der Waals surface area contributed by atoms with Crippen molar-refractivity contribution in [2.45, 2.75) is 25.6 Å². The van der Waals surface area contributed by atoms with Crippen molar-refractivity contribution in [3.63, 3.8) is 0 Å². The number of amidine groups is 1. The fraction of sp³-hybridized carbons (Fsp3) is 0.364. The van der Waals surface area contributed by atoms with Gasteiger partial charge in [0.15, 0.2) is 24.0 Å². The first-order chi connectivity index (χ1) is 16.4. The Bertz CT molecular complexity index is 994. The zero-order valence-electron chi connectivity index (χ0n) is 19.3. The van der Waals surface area contributed by atoms with Crippen molar-refractivity contribution in [2.24, 2.45) is 16.8 Å². The molecule has 1 fully saturated rings. The molecule has 12 heteroatoms. The molecule has 3 rings (SSSR count). The maximum absolute atomic E-state index is 12.5. The van der Waals surface area contributed by atoms with E-state index in [9.17, 15) is 4.79 Å². The molecule has 6 N–H and O–H groups in total. The van der Waals surface area contributed by atoms with Gasteiger partial charge in [-0.1, -0.05) is 41.6 Å². The van der Waals surface area contributed by atoms with Gasteiger partial charge in [0.2, 0.25) is 0 Å². The van der Waals surface area contributed by atoms with Gasteiger partial charge in [0, 0.05) is 25.7 Å². The minimum Gasteiger partial charge on any atom is -0.445 e. The molecule has 0 unspecified atom stereocenters. The number of nitrogens with one attached hydrogen (secondary N) is 2. The number of nitrogens with zero attached hydrogens (tertiary/aromatic N) is 5. The number of rotatable bonds is 8. The number of hydrazine groups is 3. The van der Waals surface area contributed by atoms with E-state index in [4.69, 9.17) is 26.7 Å². The number of likely N-dealkylation sites (tertiary alicyclic amines) is 1. The number of carbonyl (C=O) groups is 1. The number of oxime groups is 1. The smallest absolute Gasteiger partial charge is 0.430 e. The summed E-state index contributed by atoms with van der Waals surface area (Å²) in [4.78, 5) is 24.5. The Kier molecular flexibility index (Phi) is 8.87. The monoisotopic (exact) mass is 469 g/mol. The van der Waals surface area contributed by atoms with Crippen molar-refractivity contribution in [1.82, 2.24) is 20.4 Å². The molecule has 0 aliphatic carbocycles. The SMILES string of the molecule is CN1CCC(OC(=O)N(N)c2cccc(CO/N=C(\C(=N)N(C)NN)c3ccccc3)n2)CC1. The number of ether oxygens (including phenoxy) is 1. The largest absolute Gasteiger partial charge is 0.445 e. The van der Waals surface area contributed by atoms with Crippen LogP contribution in [0.1, 0.15) is 24.1 Å². The van der Waals surface area contributed by atoms with Crippen molar-refractivity contribution in [3.8, 4) is 0 Å². The third kappa shape index (κ3) is 6.71. The van der Waals surface area contributed by atoms with Crippen molar-refractivity contribution < 1.29 is 14.4 Å². The molecule has 0 bridgehead atoms. The molecule has 34 heavy (non-hydrogen) atoms. The molecule has 1 aromatic heterocycles. The molecular formula is C22H31N9O3. The van der Waals surface area contributed by atoms with Crippen molar-refractivity contribution >= 4 is 23.5 Å². The zero-order chi connectivity index (χ0) is 24.5. The molecule has 2 aromatic rings. The second-order valence-corrected chi connectivity index (χ2v) is 7.86. The fourth-order valence-corrected chi connectivity index (χ4v) is 3.29. The topological polar surface area (TPSA) is 158 Å². The predicted molar refractivity (Wildman–Crippen MR) is 128 cm³/mol. The van der Waals surface area contributed by atoms with Crippen LogP contribution in [-0.2, 0) is 16.2 Å². The van der Waals surface area contributed by atoms with Gasteiger partial charge in [-0.15, -0.1) is 0 Å². The van der Waals surface area contributed by atoms with Crippen molar-refractivity contribution in [3.05, 3.63) is 59.8 Å². The average molecular weight is 470 g/mol. The highest BCUT2D eigenvalue weighted by atomic mass is 16.6. The van der Waals surface area contributed by atoms with Crippen LogP contribution < -0.4 is 22.2 Å². The molecule has 1 aliphatic heterocycles. The Morgan fingerprint density at radius 2 is 1.94 bits per heavy atom. The number of hydrogen-bond acceptors (Lipinski definition) is 10. The van der Waals surface area contributed by atoms with E-state index in [0.717, 1.165) is 30.9 Å². The normalized spacial score (nSPS) is 15.0. The summed E-state index contributed by atoms with van der Waals surface area (Å²) in [6.45, 7) is 1.73. The third-order valence-corrected chi connectivity index (χ3v) is 5.34. The summed E-state index contributed by atoms with van der Waals surface area (Å²) in [6.07, 6.45) is 0.713. The highest BCUT2D eigenvalue weighted by molar-refractivity contribution is 6.46. The minimum atomic E-state index is -0.657. The minimum absolute atomic E-state index is 0.00489. The third-order valence-electron chi connectivity index (χ3n) is 5.34. The van der Waals surface area contributed by atoms with Crippen LogP contribution >= 0.6 is 0 Å². The number of carbonyl (C=O) groups excluding carboxylic acids is 1. The quantitative estimate of drug-likeness (QED) is 0.146. The number of pyridine rings is 1. The van der Waals surface area contributed by atoms with Crippen LogP contribution in [-0.4, -0.2) is 65.8 Å². The number of hydrogen-bond donors (Lipinski definition) is 4. The molecule has 182 valence electrons. The molecule has 1 saturated heterocycles. The zero-order valence-corrected chi connectivity index (χ0v) is 19.3. The predicted octanol–water partition coefficient (Wildman–Crippen LogP) is 1.20. The van der Waals surface area contributed by atoms with Crippen LogP contribution in [0.15, 0.2) is 53.7 Å². The van der Waals surface area contributed by atoms with Gasteiger partial charge in [-0.2, -0.15) is 10.5 Å². The fourth-order valence-electron chi connectivity index (χ4n) is 3.29. The van der Waals surface area contributed by atoms with Crippen molar-refractivity contribution in [2.75, 3.05) is 32.2 Å². The summed E-state index contributed by atoms with van der Waals surface area (Å²) in [7, 11) is 3.63. The van der Waals surface area contributed by atoms with Gasteiger partial charge in [-0.25, -0.2) is 15.6 Å². The molecule has 1 amide bonds. The van der Waals surface area contributed by atoms with Crippen LogP contribution in [0.3, 0.4) is 0 Å². The maximum Gasteiger partial charge on any atom is 0.430 e. The maximum atomic E-state index is 12.5. The van der Waals surface area contributed by atoms with Crippen LogP contribution in [0.5, 0.6) is 0 Å². The van der Waals surface area contributed by atoms with E-state index in [0.29, 0.717) is 11.3 Å². The molecular weight excluding hydrogens is 438 g/mol. The number of anilines is 1. The number of piperidine rings is 1. The van der Waals surface area contributed by atoms with E-state index >= 15 is 0 Å². The molecule has 1 aliphatic rings. The number of amides is 1. The van der Waals surface area contributed by atoms with Gasteiger partial charge >= 0.3 is 6.09 Å². The Labute approximate surface area is 198 Å². The van der Waals surface area contributed by atoms with Crippen molar-refractivity contribution in [1.29, 1.82) is 5.41 Å². The lowest BCUT2D eigenvalue weighted by molar-refractivity contribution is 0.0615. The summed E-state index contributed by atoms with van der Waals surface area (Å²) in [6, 6.07) is 14.2. The van der Waals surface area contributed by atoms with Gasteiger partial charge in [-0.05, 0) is 32.0 Å². The van der Waals surface area contributed by atoms with E-state index < -0.39 is 6.09 Å². The Morgan fingerprint density at radius 1 is 1.24 bits per heavy atom. The molecule has 0 radical (unpaired) electrons. The molecule has 0 saturated carbocycles. The summed E-state index contributed by atoms with van der Waals surface area (Å²) < 4.78 is 5.51. The van der Waals surface area contributed by atoms with E-state index in [1.807, 2.05) is 37.4 Å². The van der Waals surface area contributed by atoms with E-state index in [-0.39, 0.29) is 30.1 Å².